The molecule has 0 N–H and O–H groups in total. The molecule has 0 unspecified atom stereocenters. The predicted octanol–water partition coefficient (Wildman–Crippen LogP) is 1.91. The zero-order chi connectivity index (χ0) is 12.7. The number of hydrogen-bond donors (Lipinski definition) is 0. The molecule has 0 spiro atoms. The molecule has 18 heavy (non-hydrogen) atoms. The Morgan fingerprint density at radius 2 is 2.11 bits per heavy atom. The Hall–Kier alpha value is -2.61. The zero-order valence-electron chi connectivity index (χ0n) is 10.1. The highest BCUT2D eigenvalue weighted by molar-refractivity contribution is 5.69. The average molecular weight is 237 g/mol. The standard InChI is InChI=1S/C13H11N5/c1-9-12(8-17(2)16-9)10-3-4-13-11(5-14)6-15-18(13)7-10/h3-4,6-8H,1-2H3. The van der Waals surface area contributed by atoms with Crippen molar-refractivity contribution in [3.8, 4) is 17.2 Å². The molecule has 0 saturated heterocycles. The van der Waals surface area contributed by atoms with Crippen molar-refractivity contribution in [3.63, 3.8) is 0 Å². The van der Waals surface area contributed by atoms with Crippen molar-refractivity contribution in [3.05, 3.63) is 42.0 Å². The van der Waals surface area contributed by atoms with Crippen molar-refractivity contribution in [2.45, 2.75) is 6.92 Å². The highest BCUT2D eigenvalue weighted by Gasteiger charge is 2.08. The van der Waals surface area contributed by atoms with E-state index in [0.29, 0.717) is 5.56 Å². The van der Waals surface area contributed by atoms with Gasteiger partial charge in [0, 0.05) is 30.6 Å². The smallest absolute Gasteiger partial charge is 0.103 e. The Morgan fingerprint density at radius 3 is 2.78 bits per heavy atom. The number of hydrogen-bond acceptors (Lipinski definition) is 3. The van der Waals surface area contributed by atoms with Crippen molar-refractivity contribution in [2.75, 3.05) is 0 Å². The van der Waals surface area contributed by atoms with E-state index in [1.807, 2.05) is 38.5 Å². The Morgan fingerprint density at radius 1 is 1.28 bits per heavy atom. The molecule has 0 aliphatic carbocycles. The second kappa shape index (κ2) is 3.70. The van der Waals surface area contributed by atoms with Crippen LogP contribution >= 0.6 is 0 Å². The molecule has 0 aliphatic rings. The SMILES string of the molecule is Cc1nn(C)cc1-c1ccc2c(C#N)cnn2c1. The molecule has 5 nitrogen and oxygen atoms in total. The molecular formula is C13H11N5. The molecular weight excluding hydrogens is 226 g/mol. The van der Waals surface area contributed by atoms with Gasteiger partial charge in [0.05, 0.1) is 23.0 Å². The van der Waals surface area contributed by atoms with Gasteiger partial charge in [-0.05, 0) is 13.0 Å². The Bertz CT molecular complexity index is 772. The number of fused-ring (bicyclic) bond motifs is 1. The lowest BCUT2D eigenvalue weighted by Gasteiger charge is -2.00. The molecule has 3 rings (SSSR count). The second-order valence-electron chi connectivity index (χ2n) is 4.22. The van der Waals surface area contributed by atoms with E-state index >= 15 is 0 Å². The van der Waals surface area contributed by atoms with Gasteiger partial charge in [0.15, 0.2) is 0 Å². The maximum absolute atomic E-state index is 8.94. The number of nitriles is 1. The van der Waals surface area contributed by atoms with E-state index in [2.05, 4.69) is 16.3 Å². The van der Waals surface area contributed by atoms with E-state index in [1.165, 1.54) is 0 Å². The summed E-state index contributed by atoms with van der Waals surface area (Å²) in [6.07, 6.45) is 5.47. The van der Waals surface area contributed by atoms with Crippen LogP contribution < -0.4 is 0 Å². The summed E-state index contributed by atoms with van der Waals surface area (Å²) in [5, 5.41) is 17.4. The molecule has 0 amide bonds. The van der Waals surface area contributed by atoms with Crippen molar-refractivity contribution >= 4 is 5.52 Å². The summed E-state index contributed by atoms with van der Waals surface area (Å²) in [6.45, 7) is 1.98. The van der Waals surface area contributed by atoms with Gasteiger partial charge in [-0.2, -0.15) is 15.5 Å². The first-order chi connectivity index (χ1) is 8.69. The molecule has 3 aromatic rings. The van der Waals surface area contributed by atoms with Crippen molar-refractivity contribution in [2.24, 2.45) is 7.05 Å². The van der Waals surface area contributed by atoms with Gasteiger partial charge in [-0.3, -0.25) is 4.68 Å². The van der Waals surface area contributed by atoms with Crippen LogP contribution in [0, 0.1) is 18.3 Å². The number of aryl methyl sites for hydroxylation is 2. The van der Waals surface area contributed by atoms with E-state index < -0.39 is 0 Å². The second-order valence-corrected chi connectivity index (χ2v) is 4.22. The van der Waals surface area contributed by atoms with Crippen LogP contribution in [0.15, 0.2) is 30.7 Å². The normalized spacial score (nSPS) is 10.7. The van der Waals surface area contributed by atoms with Crippen LogP contribution in [0.5, 0.6) is 0 Å². The summed E-state index contributed by atoms with van der Waals surface area (Å²) < 4.78 is 3.51. The molecule has 3 aromatic heterocycles. The van der Waals surface area contributed by atoms with Gasteiger partial charge in [0.2, 0.25) is 0 Å². The van der Waals surface area contributed by atoms with Crippen LogP contribution in [0.1, 0.15) is 11.3 Å². The fourth-order valence-corrected chi connectivity index (χ4v) is 2.11. The first-order valence-corrected chi connectivity index (χ1v) is 5.57. The third kappa shape index (κ3) is 1.47. The van der Waals surface area contributed by atoms with E-state index in [1.54, 1.807) is 15.4 Å². The summed E-state index contributed by atoms with van der Waals surface area (Å²) in [5.41, 5.74) is 4.51. The van der Waals surface area contributed by atoms with Crippen molar-refractivity contribution in [1.29, 1.82) is 5.26 Å². The third-order valence-corrected chi connectivity index (χ3v) is 2.96. The van der Waals surface area contributed by atoms with E-state index in [4.69, 9.17) is 5.26 Å². The minimum absolute atomic E-state index is 0.587. The summed E-state index contributed by atoms with van der Waals surface area (Å²) in [5.74, 6) is 0. The lowest BCUT2D eigenvalue weighted by Crippen LogP contribution is -1.88. The molecule has 88 valence electrons. The van der Waals surface area contributed by atoms with Gasteiger partial charge in [0.25, 0.3) is 0 Å². The minimum atomic E-state index is 0.587. The molecule has 0 atom stereocenters. The van der Waals surface area contributed by atoms with Crippen LogP contribution in [0.4, 0.5) is 0 Å². The molecule has 0 bridgehead atoms. The molecule has 0 fully saturated rings. The lowest BCUT2D eigenvalue weighted by molar-refractivity contribution is 0.756. The summed E-state index contributed by atoms with van der Waals surface area (Å²) in [7, 11) is 1.90. The van der Waals surface area contributed by atoms with Crippen LogP contribution in [0.3, 0.4) is 0 Å². The topological polar surface area (TPSA) is 58.9 Å². The van der Waals surface area contributed by atoms with Gasteiger partial charge >= 0.3 is 0 Å². The van der Waals surface area contributed by atoms with Crippen LogP contribution in [-0.2, 0) is 7.05 Å². The Labute approximate surface area is 104 Å². The fraction of sp³-hybridized carbons (Fsp3) is 0.154. The summed E-state index contributed by atoms with van der Waals surface area (Å²) in [6, 6.07) is 6.02. The number of nitrogens with zero attached hydrogens (tertiary/aromatic N) is 5. The molecule has 3 heterocycles. The van der Waals surface area contributed by atoms with E-state index in [0.717, 1.165) is 22.3 Å². The van der Waals surface area contributed by atoms with Gasteiger partial charge in [-0.15, -0.1) is 0 Å². The molecule has 0 saturated carbocycles. The van der Waals surface area contributed by atoms with Gasteiger partial charge < -0.3 is 0 Å². The Balaban J connectivity index is 2.20. The Kier molecular flexibility index (Phi) is 2.17. The fourth-order valence-electron chi connectivity index (χ4n) is 2.11. The van der Waals surface area contributed by atoms with Gasteiger partial charge in [-0.25, -0.2) is 4.52 Å². The minimum Gasteiger partial charge on any atom is -0.275 e. The highest BCUT2D eigenvalue weighted by atomic mass is 15.3. The van der Waals surface area contributed by atoms with Crippen molar-refractivity contribution < 1.29 is 0 Å². The maximum atomic E-state index is 8.94. The highest BCUT2D eigenvalue weighted by Crippen LogP contribution is 2.23. The largest absolute Gasteiger partial charge is 0.275 e. The number of aromatic nitrogens is 4. The van der Waals surface area contributed by atoms with Crippen molar-refractivity contribution in [1.82, 2.24) is 19.4 Å². The van der Waals surface area contributed by atoms with Crippen LogP contribution in [0.2, 0.25) is 0 Å². The predicted molar refractivity (Wildman–Crippen MR) is 66.8 cm³/mol. The van der Waals surface area contributed by atoms with Crippen LogP contribution in [0.25, 0.3) is 16.6 Å². The molecule has 0 aliphatic heterocycles. The number of pyridine rings is 1. The third-order valence-electron chi connectivity index (χ3n) is 2.96. The van der Waals surface area contributed by atoms with Gasteiger partial charge in [0.1, 0.15) is 6.07 Å². The molecule has 5 heteroatoms. The zero-order valence-corrected chi connectivity index (χ0v) is 10.1. The quantitative estimate of drug-likeness (QED) is 0.649. The molecule has 0 aromatic carbocycles. The maximum Gasteiger partial charge on any atom is 0.103 e. The van der Waals surface area contributed by atoms with E-state index in [-0.39, 0.29) is 0 Å². The summed E-state index contributed by atoms with van der Waals surface area (Å²) in [4.78, 5) is 0. The van der Waals surface area contributed by atoms with E-state index in [9.17, 15) is 0 Å². The lowest BCUT2D eigenvalue weighted by atomic mass is 10.1. The first kappa shape index (κ1) is 10.5. The molecule has 0 radical (unpaired) electrons. The monoisotopic (exact) mass is 237 g/mol. The number of rotatable bonds is 1. The summed E-state index contributed by atoms with van der Waals surface area (Å²) >= 11 is 0. The van der Waals surface area contributed by atoms with Crippen LogP contribution in [-0.4, -0.2) is 19.4 Å². The van der Waals surface area contributed by atoms with Gasteiger partial charge in [-0.1, -0.05) is 6.07 Å². The average Bonchev–Trinajstić information content (AvgIpc) is 2.91. The first-order valence-electron chi connectivity index (χ1n) is 5.57.